The number of halogens is 5. The monoisotopic (exact) mass is 466 g/mol. The van der Waals surface area contributed by atoms with Gasteiger partial charge in [-0.2, -0.15) is 22.0 Å². The van der Waals surface area contributed by atoms with E-state index in [4.69, 9.17) is 15.0 Å². The number of ether oxygens (including phenoxy) is 1. The molecular weight excluding hydrogens is 451 g/mol. The SMILES string of the molecule is O=C(O)C(F)(F)F.O=C(O)CCSSCCNC(=O)c1ccc(OC(F)F)nc1. The van der Waals surface area contributed by atoms with Gasteiger partial charge in [-0.25, -0.2) is 9.78 Å². The Kier molecular flexibility index (Phi) is 12.7. The van der Waals surface area contributed by atoms with Crippen LogP contribution in [0.5, 0.6) is 5.88 Å². The number of nitrogens with one attached hydrogen (secondary N) is 1. The molecule has 0 unspecified atom stereocenters. The summed E-state index contributed by atoms with van der Waals surface area (Å²) in [5.41, 5.74) is 0.241. The summed E-state index contributed by atoms with van der Waals surface area (Å²) >= 11 is 0. The molecule has 1 rings (SSSR count). The first-order chi connectivity index (χ1) is 13.4. The summed E-state index contributed by atoms with van der Waals surface area (Å²) in [5.74, 6) is -3.09. The zero-order valence-electron chi connectivity index (χ0n) is 14.3. The Hall–Kier alpha value is -2.29. The van der Waals surface area contributed by atoms with Crippen molar-refractivity contribution >= 4 is 39.4 Å². The third-order valence-corrected chi connectivity index (χ3v) is 4.81. The summed E-state index contributed by atoms with van der Waals surface area (Å²) in [6.07, 6.45) is -3.83. The first kappa shape index (κ1) is 26.7. The molecule has 1 amide bonds. The fourth-order valence-corrected chi connectivity index (χ4v) is 3.12. The van der Waals surface area contributed by atoms with Crippen LogP contribution in [0, 0.1) is 0 Å². The van der Waals surface area contributed by atoms with Crippen molar-refractivity contribution in [2.24, 2.45) is 0 Å². The Bertz CT molecular complexity index is 661. The number of hydrogen-bond donors (Lipinski definition) is 3. The predicted molar refractivity (Wildman–Crippen MR) is 94.1 cm³/mol. The predicted octanol–water partition coefficient (Wildman–Crippen LogP) is 2.90. The Morgan fingerprint density at radius 3 is 2.17 bits per heavy atom. The fourth-order valence-electron chi connectivity index (χ4n) is 1.23. The zero-order chi connectivity index (χ0) is 22.4. The summed E-state index contributed by atoms with van der Waals surface area (Å²) in [7, 11) is 2.88. The molecule has 0 aliphatic heterocycles. The number of aromatic nitrogens is 1. The molecule has 0 saturated carbocycles. The van der Waals surface area contributed by atoms with E-state index < -0.39 is 24.7 Å². The molecule has 0 aliphatic carbocycles. The second-order valence-corrected chi connectivity index (χ2v) is 7.31. The van der Waals surface area contributed by atoms with E-state index in [1.807, 2.05) is 0 Å². The maximum atomic E-state index is 11.9. The number of pyridine rings is 1. The lowest BCUT2D eigenvalue weighted by Crippen LogP contribution is -2.25. The minimum Gasteiger partial charge on any atom is -0.481 e. The molecule has 1 aromatic rings. The van der Waals surface area contributed by atoms with Gasteiger partial charge in [-0.05, 0) is 6.07 Å². The first-order valence-corrected chi connectivity index (χ1v) is 9.87. The molecule has 29 heavy (non-hydrogen) atoms. The second-order valence-electron chi connectivity index (χ2n) is 4.61. The molecular formula is C14H15F5N2O6S2. The summed E-state index contributed by atoms with van der Waals surface area (Å²) in [4.78, 5) is 34.5. The van der Waals surface area contributed by atoms with Crippen LogP contribution in [0.3, 0.4) is 0 Å². The molecule has 0 fully saturated rings. The van der Waals surface area contributed by atoms with Gasteiger partial charge in [-0.1, -0.05) is 21.6 Å². The third-order valence-electron chi connectivity index (χ3n) is 2.40. The highest BCUT2D eigenvalue weighted by molar-refractivity contribution is 8.76. The van der Waals surface area contributed by atoms with E-state index in [0.29, 0.717) is 18.1 Å². The van der Waals surface area contributed by atoms with Crippen molar-refractivity contribution in [3.05, 3.63) is 23.9 Å². The van der Waals surface area contributed by atoms with Crippen LogP contribution in [0.25, 0.3) is 0 Å². The molecule has 0 atom stereocenters. The van der Waals surface area contributed by atoms with E-state index >= 15 is 0 Å². The quantitative estimate of drug-likeness (QED) is 0.271. The van der Waals surface area contributed by atoms with Crippen molar-refractivity contribution < 1.29 is 51.3 Å². The van der Waals surface area contributed by atoms with Crippen LogP contribution in [0.15, 0.2) is 18.3 Å². The van der Waals surface area contributed by atoms with Gasteiger partial charge in [-0.3, -0.25) is 9.59 Å². The Morgan fingerprint density at radius 2 is 1.72 bits per heavy atom. The topological polar surface area (TPSA) is 126 Å². The highest BCUT2D eigenvalue weighted by Crippen LogP contribution is 2.21. The lowest BCUT2D eigenvalue weighted by atomic mass is 10.2. The number of aliphatic carboxylic acids is 2. The first-order valence-electron chi connectivity index (χ1n) is 7.39. The van der Waals surface area contributed by atoms with Crippen molar-refractivity contribution in [1.29, 1.82) is 0 Å². The van der Waals surface area contributed by atoms with Gasteiger partial charge in [0.05, 0.1) is 12.0 Å². The summed E-state index contributed by atoms with van der Waals surface area (Å²) in [6.45, 7) is -2.55. The molecule has 0 saturated heterocycles. The number of carbonyl (C=O) groups is 3. The molecule has 0 aromatic carbocycles. The molecule has 0 spiro atoms. The Labute approximate surface area is 168 Å². The lowest BCUT2D eigenvalue weighted by molar-refractivity contribution is -0.192. The minimum atomic E-state index is -5.08. The molecule has 3 N–H and O–H groups in total. The molecule has 1 heterocycles. The second kappa shape index (κ2) is 13.8. The number of alkyl halides is 5. The normalized spacial score (nSPS) is 10.7. The van der Waals surface area contributed by atoms with Crippen LogP contribution >= 0.6 is 21.6 Å². The van der Waals surface area contributed by atoms with E-state index in [9.17, 15) is 31.5 Å². The largest absolute Gasteiger partial charge is 0.490 e. The van der Waals surface area contributed by atoms with Crippen LogP contribution in [0.4, 0.5) is 22.0 Å². The van der Waals surface area contributed by atoms with Crippen molar-refractivity contribution in [2.75, 3.05) is 18.1 Å². The standard InChI is InChI=1S/C12H14F2N2O4S2.C2HF3O2/c13-12(14)20-9-2-1-8(7-16-9)11(19)15-4-6-22-21-5-3-10(17)18;3-2(4,5)1(6)7/h1-2,7,12H,3-6H2,(H,15,19)(H,17,18);(H,6,7). The van der Waals surface area contributed by atoms with Gasteiger partial charge in [0.15, 0.2) is 0 Å². The van der Waals surface area contributed by atoms with Crippen LogP contribution in [0.2, 0.25) is 0 Å². The van der Waals surface area contributed by atoms with E-state index in [2.05, 4.69) is 15.0 Å². The number of carboxylic acids is 2. The maximum Gasteiger partial charge on any atom is 0.490 e. The number of rotatable bonds is 10. The van der Waals surface area contributed by atoms with Gasteiger partial charge in [-0.15, -0.1) is 0 Å². The molecule has 0 bridgehead atoms. The number of carbonyl (C=O) groups excluding carboxylic acids is 1. The zero-order valence-corrected chi connectivity index (χ0v) is 16.0. The van der Waals surface area contributed by atoms with Crippen molar-refractivity contribution in [3.63, 3.8) is 0 Å². The van der Waals surface area contributed by atoms with Gasteiger partial charge < -0.3 is 20.3 Å². The highest BCUT2D eigenvalue weighted by Gasteiger charge is 2.38. The number of hydrogen-bond acceptors (Lipinski definition) is 7. The van der Waals surface area contributed by atoms with Crippen molar-refractivity contribution in [2.45, 2.75) is 19.2 Å². The summed E-state index contributed by atoms with van der Waals surface area (Å²) in [5, 5.41) is 18.2. The van der Waals surface area contributed by atoms with E-state index in [1.54, 1.807) is 0 Å². The summed E-state index contributed by atoms with van der Waals surface area (Å²) in [6, 6.07) is 2.53. The number of nitrogens with zero attached hydrogens (tertiary/aromatic N) is 1. The summed E-state index contributed by atoms with van der Waals surface area (Å²) < 4.78 is 59.7. The van der Waals surface area contributed by atoms with Crippen molar-refractivity contribution in [3.8, 4) is 5.88 Å². The molecule has 164 valence electrons. The van der Waals surface area contributed by atoms with Crippen LogP contribution < -0.4 is 10.1 Å². The molecule has 1 aromatic heterocycles. The molecule has 0 aliphatic rings. The van der Waals surface area contributed by atoms with Gasteiger partial charge in [0.2, 0.25) is 5.88 Å². The van der Waals surface area contributed by atoms with Crippen molar-refractivity contribution in [1.82, 2.24) is 10.3 Å². The Balaban J connectivity index is 0.000000956. The maximum absolute atomic E-state index is 11.9. The van der Waals surface area contributed by atoms with Gasteiger partial charge >= 0.3 is 24.7 Å². The van der Waals surface area contributed by atoms with Gasteiger partial charge in [0, 0.05) is 30.3 Å². The number of carboxylic acid groups (broad SMARTS) is 2. The Morgan fingerprint density at radius 1 is 1.14 bits per heavy atom. The van der Waals surface area contributed by atoms with E-state index in [0.717, 1.165) is 6.20 Å². The number of amides is 1. The lowest BCUT2D eigenvalue weighted by Gasteiger charge is -2.06. The van der Waals surface area contributed by atoms with Gasteiger partial charge in [0.25, 0.3) is 5.91 Å². The van der Waals surface area contributed by atoms with E-state index in [1.165, 1.54) is 33.7 Å². The van der Waals surface area contributed by atoms with Crippen LogP contribution in [0.1, 0.15) is 16.8 Å². The van der Waals surface area contributed by atoms with Gasteiger partial charge in [0.1, 0.15) is 0 Å². The highest BCUT2D eigenvalue weighted by atomic mass is 33.1. The average molecular weight is 466 g/mol. The fraction of sp³-hybridized carbons (Fsp3) is 0.429. The molecule has 15 heteroatoms. The van der Waals surface area contributed by atoms with Crippen LogP contribution in [-0.4, -0.2) is 63.9 Å². The third kappa shape index (κ3) is 14.4. The smallest absolute Gasteiger partial charge is 0.481 e. The van der Waals surface area contributed by atoms with E-state index in [-0.39, 0.29) is 23.8 Å². The van der Waals surface area contributed by atoms with Crippen LogP contribution in [-0.2, 0) is 9.59 Å². The minimum absolute atomic E-state index is 0.0999. The molecule has 8 nitrogen and oxygen atoms in total. The molecule has 0 radical (unpaired) electrons. The average Bonchev–Trinajstić information content (AvgIpc) is 2.60.